The van der Waals surface area contributed by atoms with Gasteiger partial charge in [-0.1, -0.05) is 49.2 Å². The molecule has 4 rings (SSSR count). The summed E-state index contributed by atoms with van der Waals surface area (Å²) < 4.78 is 40.8. The highest BCUT2D eigenvalue weighted by atomic mass is 19.4. The lowest BCUT2D eigenvalue weighted by Crippen LogP contribution is -2.16. The van der Waals surface area contributed by atoms with E-state index in [0.717, 1.165) is 17.4 Å². The minimum absolute atomic E-state index is 0.0374. The molecule has 0 radical (unpaired) electrons. The van der Waals surface area contributed by atoms with E-state index < -0.39 is 17.6 Å². The molecule has 8 heteroatoms. The molecule has 3 aromatic rings. The number of nitrogens with zero attached hydrogens (tertiary/aromatic N) is 2. The number of anilines is 2. The molecule has 0 atom stereocenters. The Morgan fingerprint density at radius 1 is 1.00 bits per heavy atom. The molecule has 34 heavy (non-hydrogen) atoms. The molecule has 1 fully saturated rings. The van der Waals surface area contributed by atoms with Crippen LogP contribution in [0.5, 0.6) is 0 Å². The minimum Gasteiger partial charge on any atom is -0.369 e. The number of benzene rings is 2. The Labute approximate surface area is 196 Å². The summed E-state index contributed by atoms with van der Waals surface area (Å²) in [4.78, 5) is 19.5. The topological polar surface area (TPSA) is 80.9 Å². The first-order valence-corrected chi connectivity index (χ1v) is 11.4. The van der Waals surface area contributed by atoms with Gasteiger partial charge in [0.1, 0.15) is 0 Å². The number of amides is 1. The van der Waals surface area contributed by atoms with E-state index in [2.05, 4.69) is 27.4 Å². The van der Waals surface area contributed by atoms with Gasteiger partial charge in [-0.3, -0.25) is 4.79 Å². The van der Waals surface area contributed by atoms with Crippen LogP contribution in [0.1, 0.15) is 59.5 Å². The third-order valence-electron chi connectivity index (χ3n) is 6.28. The molecule has 0 spiro atoms. The number of aromatic nitrogens is 2. The maximum Gasteiger partial charge on any atom is 0.419 e. The number of hydrogen-bond donors (Lipinski definition) is 2. The second kappa shape index (κ2) is 10.2. The van der Waals surface area contributed by atoms with E-state index in [1.54, 1.807) is 24.3 Å². The number of carbonyl (C=O) groups excluding carboxylic acids is 1. The van der Waals surface area contributed by atoms with Crippen molar-refractivity contribution in [3.8, 4) is 0 Å². The van der Waals surface area contributed by atoms with Gasteiger partial charge in [0.15, 0.2) is 0 Å². The molecule has 0 aliphatic heterocycles. The van der Waals surface area contributed by atoms with E-state index >= 15 is 0 Å². The summed E-state index contributed by atoms with van der Waals surface area (Å²) in [6.45, 7) is 0. The van der Waals surface area contributed by atoms with Crippen molar-refractivity contribution in [2.45, 2.75) is 57.0 Å². The molecule has 5 nitrogen and oxygen atoms in total. The summed E-state index contributed by atoms with van der Waals surface area (Å²) in [5.41, 5.74) is 7.83. The van der Waals surface area contributed by atoms with Crippen LogP contribution in [0, 0.1) is 0 Å². The largest absolute Gasteiger partial charge is 0.419 e. The Kier molecular flexibility index (Phi) is 7.14. The number of nitrogens with one attached hydrogen (secondary N) is 1. The predicted octanol–water partition coefficient (Wildman–Crippen LogP) is 5.71. The van der Waals surface area contributed by atoms with E-state index in [0.29, 0.717) is 17.9 Å². The molecule has 0 bridgehead atoms. The summed E-state index contributed by atoms with van der Waals surface area (Å²) in [6.07, 6.45) is 1.52. The van der Waals surface area contributed by atoms with Gasteiger partial charge in [-0.2, -0.15) is 13.2 Å². The van der Waals surface area contributed by atoms with Crippen molar-refractivity contribution in [2.24, 2.45) is 5.73 Å². The number of primary amides is 1. The van der Waals surface area contributed by atoms with Crippen molar-refractivity contribution in [1.82, 2.24) is 9.97 Å². The van der Waals surface area contributed by atoms with E-state index in [4.69, 9.17) is 5.73 Å². The molecule has 1 heterocycles. The van der Waals surface area contributed by atoms with Crippen LogP contribution in [0.3, 0.4) is 0 Å². The smallest absolute Gasteiger partial charge is 0.369 e. The van der Waals surface area contributed by atoms with Gasteiger partial charge in [0, 0.05) is 11.9 Å². The number of nitrogens with two attached hydrogens (primary N) is 1. The van der Waals surface area contributed by atoms with Crippen molar-refractivity contribution in [2.75, 3.05) is 5.32 Å². The Hall–Kier alpha value is -3.42. The highest BCUT2D eigenvalue weighted by molar-refractivity contribution is 5.77. The first-order chi connectivity index (χ1) is 16.3. The van der Waals surface area contributed by atoms with Crippen molar-refractivity contribution >= 4 is 17.5 Å². The maximum absolute atomic E-state index is 13.6. The molecule has 1 amide bonds. The number of rotatable bonds is 8. The quantitative estimate of drug-likeness (QED) is 0.444. The monoisotopic (exact) mass is 468 g/mol. The summed E-state index contributed by atoms with van der Waals surface area (Å²) in [5.74, 6) is 0.207. The van der Waals surface area contributed by atoms with Gasteiger partial charge in [-0.05, 0) is 60.4 Å². The maximum atomic E-state index is 13.6. The summed E-state index contributed by atoms with van der Waals surface area (Å²) in [5, 5.41) is 3.03. The fraction of sp³-hybridized carbons (Fsp3) is 0.346. The van der Waals surface area contributed by atoms with Gasteiger partial charge in [-0.15, -0.1) is 0 Å². The van der Waals surface area contributed by atoms with Crippen molar-refractivity contribution in [3.63, 3.8) is 0 Å². The Balaban J connectivity index is 1.53. The molecule has 1 aliphatic carbocycles. The number of aryl methyl sites for hydroxylation is 2. The summed E-state index contributed by atoms with van der Waals surface area (Å²) in [7, 11) is 0. The van der Waals surface area contributed by atoms with Crippen molar-refractivity contribution < 1.29 is 18.0 Å². The van der Waals surface area contributed by atoms with Crippen LogP contribution in [-0.2, 0) is 30.2 Å². The summed E-state index contributed by atoms with van der Waals surface area (Å²) >= 11 is 0. The lowest BCUT2D eigenvalue weighted by atomic mass is 9.98. The second-order valence-electron chi connectivity index (χ2n) is 8.69. The Morgan fingerprint density at radius 2 is 1.68 bits per heavy atom. The molecule has 2 aromatic carbocycles. The molecule has 0 unspecified atom stereocenters. The van der Waals surface area contributed by atoms with Crippen LogP contribution >= 0.6 is 0 Å². The van der Waals surface area contributed by atoms with E-state index in [-0.39, 0.29) is 24.5 Å². The first-order valence-electron chi connectivity index (χ1n) is 11.4. The van der Waals surface area contributed by atoms with Gasteiger partial charge in [0.25, 0.3) is 0 Å². The second-order valence-corrected chi connectivity index (χ2v) is 8.69. The highest BCUT2D eigenvalue weighted by Crippen LogP contribution is 2.35. The van der Waals surface area contributed by atoms with Crippen LogP contribution in [0.15, 0.2) is 54.7 Å². The molecular formula is C26H27F3N4O. The highest BCUT2D eigenvalue weighted by Gasteiger charge is 2.35. The summed E-state index contributed by atoms with van der Waals surface area (Å²) in [6, 6.07) is 15.0. The van der Waals surface area contributed by atoms with Crippen molar-refractivity contribution in [3.05, 3.63) is 82.7 Å². The Morgan fingerprint density at radius 3 is 2.32 bits per heavy atom. The molecule has 1 aliphatic rings. The average Bonchev–Trinajstić information content (AvgIpc) is 3.33. The van der Waals surface area contributed by atoms with Crippen LogP contribution < -0.4 is 11.1 Å². The van der Waals surface area contributed by atoms with E-state index in [1.165, 1.54) is 31.2 Å². The fourth-order valence-corrected chi connectivity index (χ4v) is 4.55. The van der Waals surface area contributed by atoms with Crippen LogP contribution in [0.25, 0.3) is 0 Å². The molecule has 1 saturated carbocycles. The number of hydrogen-bond acceptors (Lipinski definition) is 4. The zero-order chi connectivity index (χ0) is 24.1. The molecule has 1 aromatic heterocycles. The average molecular weight is 469 g/mol. The first kappa shape index (κ1) is 23.7. The SMILES string of the molecule is NC(=O)Cc1ccccc1CCc1nc(Nc2ccc(C3CCCC3)cc2)ncc1C(F)(F)F. The Bertz CT molecular complexity index is 1140. The van der Waals surface area contributed by atoms with Gasteiger partial charge in [0.2, 0.25) is 11.9 Å². The minimum atomic E-state index is -4.57. The van der Waals surface area contributed by atoms with Gasteiger partial charge >= 0.3 is 6.18 Å². The molecule has 0 saturated heterocycles. The van der Waals surface area contributed by atoms with Crippen molar-refractivity contribution in [1.29, 1.82) is 0 Å². The number of alkyl halides is 3. The number of carbonyl (C=O) groups is 1. The molecule has 178 valence electrons. The zero-order valence-electron chi connectivity index (χ0n) is 18.7. The van der Waals surface area contributed by atoms with Gasteiger partial charge < -0.3 is 11.1 Å². The van der Waals surface area contributed by atoms with Gasteiger partial charge in [-0.25, -0.2) is 9.97 Å². The predicted molar refractivity (Wildman–Crippen MR) is 125 cm³/mol. The third-order valence-corrected chi connectivity index (χ3v) is 6.28. The molecular weight excluding hydrogens is 441 g/mol. The van der Waals surface area contributed by atoms with Crippen LogP contribution in [0.2, 0.25) is 0 Å². The van der Waals surface area contributed by atoms with Gasteiger partial charge in [0.05, 0.1) is 17.7 Å². The number of halogens is 3. The molecule has 3 N–H and O–H groups in total. The lowest BCUT2D eigenvalue weighted by molar-refractivity contribution is -0.138. The lowest BCUT2D eigenvalue weighted by Gasteiger charge is -2.15. The normalized spacial score (nSPS) is 14.3. The van der Waals surface area contributed by atoms with E-state index in [1.807, 2.05) is 12.1 Å². The van der Waals surface area contributed by atoms with Crippen LogP contribution in [0.4, 0.5) is 24.8 Å². The fourth-order valence-electron chi connectivity index (χ4n) is 4.55. The van der Waals surface area contributed by atoms with Crippen LogP contribution in [-0.4, -0.2) is 15.9 Å². The third kappa shape index (κ3) is 5.92. The standard InChI is InChI=1S/C26H27F3N4O/c27-26(28,29)22-16-31-25(32-21-12-9-19(10-13-21)17-5-1-2-6-17)33-23(22)14-11-18-7-3-4-8-20(18)15-24(30)34/h3-4,7-10,12-13,16-17H,1-2,5-6,11,14-15H2,(H2,30,34)(H,31,32,33). The zero-order valence-corrected chi connectivity index (χ0v) is 18.7. The van der Waals surface area contributed by atoms with E-state index in [9.17, 15) is 18.0 Å².